The summed E-state index contributed by atoms with van der Waals surface area (Å²) in [5.41, 5.74) is 4.07. The molecule has 0 saturated heterocycles. The van der Waals surface area contributed by atoms with Crippen molar-refractivity contribution in [2.24, 2.45) is 11.8 Å². The van der Waals surface area contributed by atoms with Crippen molar-refractivity contribution in [2.45, 2.75) is 46.1 Å². The minimum Gasteiger partial charge on any atom is -0.481 e. The third kappa shape index (κ3) is 3.83. The number of aliphatic carboxylic acids is 1. The van der Waals surface area contributed by atoms with E-state index in [9.17, 15) is 4.79 Å². The molecule has 0 atom stereocenters. The highest BCUT2D eigenvalue weighted by molar-refractivity contribution is 5.69. The average molecular weight is 275 g/mol. The molecule has 0 radical (unpaired) electrons. The predicted molar refractivity (Wildman–Crippen MR) is 80.7 cm³/mol. The van der Waals surface area contributed by atoms with Crippen LogP contribution >= 0.6 is 0 Å². The van der Waals surface area contributed by atoms with E-state index in [0.717, 1.165) is 38.8 Å². The average Bonchev–Trinajstić information content (AvgIpc) is 2.42. The van der Waals surface area contributed by atoms with Gasteiger partial charge in [0, 0.05) is 6.54 Å². The van der Waals surface area contributed by atoms with Gasteiger partial charge in [-0.15, -0.1) is 0 Å². The van der Waals surface area contributed by atoms with Crippen molar-refractivity contribution in [1.82, 2.24) is 5.32 Å². The van der Waals surface area contributed by atoms with E-state index in [2.05, 4.69) is 37.4 Å². The van der Waals surface area contributed by atoms with Crippen LogP contribution in [-0.4, -0.2) is 17.6 Å². The number of rotatable bonds is 5. The van der Waals surface area contributed by atoms with Crippen molar-refractivity contribution in [2.75, 3.05) is 6.54 Å². The Labute approximate surface area is 121 Å². The fraction of sp³-hybridized carbons (Fsp3) is 0.588. The Balaban J connectivity index is 1.76. The second-order valence-corrected chi connectivity index (χ2v) is 6.06. The van der Waals surface area contributed by atoms with E-state index in [-0.39, 0.29) is 5.92 Å². The molecule has 20 heavy (non-hydrogen) atoms. The molecule has 1 saturated carbocycles. The first-order chi connectivity index (χ1) is 9.58. The van der Waals surface area contributed by atoms with Crippen molar-refractivity contribution in [3.63, 3.8) is 0 Å². The number of aryl methyl sites for hydroxylation is 2. The van der Waals surface area contributed by atoms with Crippen molar-refractivity contribution in [1.29, 1.82) is 0 Å². The van der Waals surface area contributed by atoms with Crippen LogP contribution in [0.3, 0.4) is 0 Å². The van der Waals surface area contributed by atoms with Crippen LogP contribution in [0.5, 0.6) is 0 Å². The van der Waals surface area contributed by atoms with Gasteiger partial charge in [0.05, 0.1) is 5.92 Å². The summed E-state index contributed by atoms with van der Waals surface area (Å²) < 4.78 is 0. The molecule has 0 aromatic heterocycles. The summed E-state index contributed by atoms with van der Waals surface area (Å²) in [6.07, 6.45) is 3.75. The molecule has 3 heteroatoms. The van der Waals surface area contributed by atoms with Gasteiger partial charge < -0.3 is 10.4 Å². The predicted octanol–water partition coefficient (Wildman–Crippen LogP) is 3.28. The molecule has 3 nitrogen and oxygen atoms in total. The van der Waals surface area contributed by atoms with E-state index in [1.165, 1.54) is 16.7 Å². The van der Waals surface area contributed by atoms with Gasteiger partial charge in [-0.25, -0.2) is 0 Å². The zero-order valence-corrected chi connectivity index (χ0v) is 12.5. The monoisotopic (exact) mass is 275 g/mol. The van der Waals surface area contributed by atoms with Gasteiger partial charge in [0.15, 0.2) is 0 Å². The summed E-state index contributed by atoms with van der Waals surface area (Å²) >= 11 is 0. The molecule has 0 amide bonds. The third-order valence-electron chi connectivity index (χ3n) is 4.58. The Hall–Kier alpha value is -1.35. The van der Waals surface area contributed by atoms with Crippen molar-refractivity contribution in [3.05, 3.63) is 34.9 Å². The molecule has 2 N–H and O–H groups in total. The molecule has 1 aromatic rings. The van der Waals surface area contributed by atoms with Crippen LogP contribution < -0.4 is 5.32 Å². The van der Waals surface area contributed by atoms with Crippen LogP contribution in [0.4, 0.5) is 0 Å². The van der Waals surface area contributed by atoms with Gasteiger partial charge >= 0.3 is 5.97 Å². The van der Waals surface area contributed by atoms with E-state index in [0.29, 0.717) is 5.92 Å². The lowest BCUT2D eigenvalue weighted by Gasteiger charge is -2.26. The Bertz CT molecular complexity index is 442. The molecule has 1 aromatic carbocycles. The highest BCUT2D eigenvalue weighted by Crippen LogP contribution is 2.28. The molecule has 1 fully saturated rings. The molecule has 1 aliphatic rings. The van der Waals surface area contributed by atoms with Crippen LogP contribution in [0, 0.1) is 25.7 Å². The lowest BCUT2D eigenvalue weighted by molar-refractivity contribution is -0.143. The van der Waals surface area contributed by atoms with Gasteiger partial charge in [-0.3, -0.25) is 4.79 Å². The maximum absolute atomic E-state index is 10.9. The number of carbonyl (C=O) groups is 1. The van der Waals surface area contributed by atoms with Crippen LogP contribution in [0.2, 0.25) is 0 Å². The number of hydrogen-bond donors (Lipinski definition) is 2. The first kappa shape index (κ1) is 15.0. The highest BCUT2D eigenvalue weighted by atomic mass is 16.4. The van der Waals surface area contributed by atoms with Crippen LogP contribution in [0.1, 0.15) is 42.4 Å². The van der Waals surface area contributed by atoms with Crippen LogP contribution in [0.25, 0.3) is 0 Å². The standard InChI is InChI=1S/C17H25NO2/c1-12-4-3-5-13(2)16(12)11-18-10-14-6-8-15(9-7-14)17(19)20/h3-5,14-15,18H,6-11H2,1-2H3,(H,19,20). The smallest absolute Gasteiger partial charge is 0.306 e. The van der Waals surface area contributed by atoms with E-state index < -0.39 is 5.97 Å². The highest BCUT2D eigenvalue weighted by Gasteiger charge is 2.25. The normalized spacial score (nSPS) is 22.7. The largest absolute Gasteiger partial charge is 0.481 e. The third-order valence-corrected chi connectivity index (χ3v) is 4.58. The first-order valence-electron chi connectivity index (χ1n) is 7.56. The van der Waals surface area contributed by atoms with E-state index >= 15 is 0 Å². The molecular weight excluding hydrogens is 250 g/mol. The summed E-state index contributed by atoms with van der Waals surface area (Å²) in [6, 6.07) is 6.41. The van der Waals surface area contributed by atoms with Gasteiger partial charge in [0.1, 0.15) is 0 Å². The van der Waals surface area contributed by atoms with Crippen molar-refractivity contribution >= 4 is 5.97 Å². The minimum absolute atomic E-state index is 0.107. The molecule has 2 rings (SSSR count). The van der Waals surface area contributed by atoms with Crippen molar-refractivity contribution < 1.29 is 9.90 Å². The van der Waals surface area contributed by atoms with Crippen LogP contribution in [-0.2, 0) is 11.3 Å². The molecule has 0 unspecified atom stereocenters. The maximum Gasteiger partial charge on any atom is 0.306 e. The summed E-state index contributed by atoms with van der Waals surface area (Å²) in [6.45, 7) is 6.22. The quantitative estimate of drug-likeness (QED) is 0.867. The summed E-state index contributed by atoms with van der Waals surface area (Å²) in [7, 11) is 0. The molecule has 0 bridgehead atoms. The SMILES string of the molecule is Cc1cccc(C)c1CNCC1CCC(C(=O)O)CC1. The van der Waals surface area contributed by atoms with Gasteiger partial charge in [0.2, 0.25) is 0 Å². The molecule has 0 spiro atoms. The molecule has 110 valence electrons. The zero-order chi connectivity index (χ0) is 14.5. The maximum atomic E-state index is 10.9. The number of nitrogens with one attached hydrogen (secondary N) is 1. The fourth-order valence-electron chi connectivity index (χ4n) is 3.14. The Kier molecular flexibility index (Phi) is 5.18. The minimum atomic E-state index is -0.619. The van der Waals surface area contributed by atoms with E-state index in [4.69, 9.17) is 5.11 Å². The molecular formula is C17H25NO2. The number of benzene rings is 1. The lowest BCUT2D eigenvalue weighted by atomic mass is 9.82. The molecule has 1 aliphatic carbocycles. The van der Waals surface area contributed by atoms with Gasteiger partial charge in [-0.05, 0) is 68.7 Å². The number of hydrogen-bond acceptors (Lipinski definition) is 2. The second-order valence-electron chi connectivity index (χ2n) is 6.06. The number of carboxylic acid groups (broad SMARTS) is 1. The second kappa shape index (κ2) is 6.89. The number of carboxylic acids is 1. The first-order valence-corrected chi connectivity index (χ1v) is 7.56. The topological polar surface area (TPSA) is 49.3 Å². The lowest BCUT2D eigenvalue weighted by Crippen LogP contribution is -2.28. The summed E-state index contributed by atoms with van der Waals surface area (Å²) in [4.78, 5) is 10.9. The summed E-state index contributed by atoms with van der Waals surface area (Å²) in [5.74, 6) is -0.0910. The van der Waals surface area contributed by atoms with Crippen LogP contribution in [0.15, 0.2) is 18.2 Å². The van der Waals surface area contributed by atoms with Gasteiger partial charge in [-0.1, -0.05) is 18.2 Å². The Morgan fingerprint density at radius 1 is 1.20 bits per heavy atom. The van der Waals surface area contributed by atoms with Crippen molar-refractivity contribution in [3.8, 4) is 0 Å². The van der Waals surface area contributed by atoms with E-state index in [1.807, 2.05) is 0 Å². The fourth-order valence-corrected chi connectivity index (χ4v) is 3.14. The van der Waals surface area contributed by atoms with Gasteiger partial charge in [0.25, 0.3) is 0 Å². The summed E-state index contributed by atoms with van der Waals surface area (Å²) in [5, 5.41) is 12.5. The molecule has 0 aliphatic heterocycles. The zero-order valence-electron chi connectivity index (χ0n) is 12.5. The Morgan fingerprint density at radius 2 is 1.80 bits per heavy atom. The van der Waals surface area contributed by atoms with E-state index in [1.54, 1.807) is 0 Å². The molecule has 0 heterocycles. The van der Waals surface area contributed by atoms with Gasteiger partial charge in [-0.2, -0.15) is 0 Å². The Morgan fingerprint density at radius 3 is 2.35 bits per heavy atom.